The second kappa shape index (κ2) is 8.28. The number of carbonyl (C=O) groups excluding carboxylic acids is 1. The van der Waals surface area contributed by atoms with E-state index in [1.165, 1.54) is 35.6 Å². The number of thioether (sulfide) groups is 1. The van der Waals surface area contributed by atoms with Gasteiger partial charge >= 0.3 is 5.97 Å². The molecule has 3 aromatic carbocycles. The molecule has 0 fully saturated rings. The average molecular weight is 446 g/mol. The lowest BCUT2D eigenvalue weighted by Gasteiger charge is -2.18. The van der Waals surface area contributed by atoms with E-state index < -0.39 is 12.0 Å². The van der Waals surface area contributed by atoms with Crippen LogP contribution >= 0.6 is 11.8 Å². The molecular formula is C26H20FNO3S. The summed E-state index contributed by atoms with van der Waals surface area (Å²) >= 11 is 1.46. The summed E-state index contributed by atoms with van der Waals surface area (Å²) in [5, 5.41) is 2.97. The Morgan fingerprint density at radius 3 is 2.59 bits per heavy atom. The van der Waals surface area contributed by atoms with E-state index in [9.17, 15) is 14.0 Å². The number of hydrogen-bond acceptors (Lipinski definition) is 4. The van der Waals surface area contributed by atoms with E-state index in [0.29, 0.717) is 12.2 Å². The lowest BCUT2D eigenvalue weighted by atomic mass is 9.93. The highest BCUT2D eigenvalue weighted by atomic mass is 32.2. The molecule has 2 heterocycles. The summed E-state index contributed by atoms with van der Waals surface area (Å²) in [5.74, 6) is -0.340. The third-order valence-corrected chi connectivity index (χ3v) is 7.00. The number of benzene rings is 3. The average Bonchev–Trinajstić information content (AvgIpc) is 3.25. The highest BCUT2D eigenvalue weighted by Crippen LogP contribution is 2.42. The van der Waals surface area contributed by atoms with Crippen molar-refractivity contribution in [2.24, 2.45) is 0 Å². The maximum atomic E-state index is 13.7. The molecule has 160 valence electrons. The van der Waals surface area contributed by atoms with Crippen LogP contribution in [0.15, 0.2) is 82.6 Å². The van der Waals surface area contributed by atoms with Crippen LogP contribution in [0.5, 0.6) is 0 Å². The zero-order chi connectivity index (χ0) is 22.2. The van der Waals surface area contributed by atoms with Crippen LogP contribution < -0.4 is 5.56 Å². The Morgan fingerprint density at radius 2 is 1.81 bits per heavy atom. The maximum absolute atomic E-state index is 13.7. The molecule has 6 heteroatoms. The van der Waals surface area contributed by atoms with Crippen molar-refractivity contribution in [3.63, 3.8) is 0 Å². The fraction of sp³-hybridized carbons (Fsp3) is 0.154. The molecule has 0 amide bonds. The molecule has 0 saturated heterocycles. The Kier molecular flexibility index (Phi) is 5.31. The molecule has 0 saturated carbocycles. The molecule has 0 N–H and O–H groups in total. The van der Waals surface area contributed by atoms with Gasteiger partial charge in [0.15, 0.2) is 0 Å². The fourth-order valence-electron chi connectivity index (χ4n) is 4.34. The topological polar surface area (TPSA) is 48.3 Å². The van der Waals surface area contributed by atoms with Crippen molar-refractivity contribution in [3.8, 4) is 11.1 Å². The summed E-state index contributed by atoms with van der Waals surface area (Å²) in [5.41, 5.74) is 3.38. The second-order valence-electron chi connectivity index (χ2n) is 7.73. The van der Waals surface area contributed by atoms with Crippen molar-refractivity contribution in [2.75, 3.05) is 12.9 Å². The van der Waals surface area contributed by atoms with Gasteiger partial charge in [0.05, 0.1) is 12.1 Å². The summed E-state index contributed by atoms with van der Waals surface area (Å²) in [6.45, 7) is 0. The first kappa shape index (κ1) is 20.5. The smallest absolute Gasteiger partial charge is 0.329 e. The van der Waals surface area contributed by atoms with Gasteiger partial charge in [-0.3, -0.25) is 9.36 Å². The summed E-state index contributed by atoms with van der Waals surface area (Å²) in [7, 11) is 1.33. The number of rotatable bonds is 4. The number of pyridine rings is 1. The van der Waals surface area contributed by atoms with Crippen LogP contribution in [0.3, 0.4) is 0 Å². The third kappa shape index (κ3) is 3.50. The van der Waals surface area contributed by atoms with Gasteiger partial charge in [0.25, 0.3) is 5.56 Å². The van der Waals surface area contributed by atoms with E-state index in [-0.39, 0.29) is 11.4 Å². The van der Waals surface area contributed by atoms with Crippen molar-refractivity contribution in [2.45, 2.75) is 17.5 Å². The summed E-state index contributed by atoms with van der Waals surface area (Å²) < 4.78 is 20.1. The van der Waals surface area contributed by atoms with E-state index in [4.69, 9.17) is 4.74 Å². The number of carbonyl (C=O) groups is 1. The predicted octanol–water partition coefficient (Wildman–Crippen LogP) is 5.22. The van der Waals surface area contributed by atoms with Gasteiger partial charge in [0, 0.05) is 17.4 Å². The molecule has 0 unspecified atom stereocenters. The molecule has 1 aliphatic rings. The molecule has 1 atom stereocenters. The highest BCUT2D eigenvalue weighted by Gasteiger charge is 2.34. The molecule has 0 spiro atoms. The zero-order valence-electron chi connectivity index (χ0n) is 17.4. The van der Waals surface area contributed by atoms with Crippen LogP contribution in [-0.2, 0) is 16.0 Å². The van der Waals surface area contributed by atoms with Crippen LogP contribution in [-0.4, -0.2) is 23.4 Å². The lowest BCUT2D eigenvalue weighted by Crippen LogP contribution is -2.30. The summed E-state index contributed by atoms with van der Waals surface area (Å²) in [4.78, 5) is 25.4. The Morgan fingerprint density at radius 1 is 1.06 bits per heavy atom. The number of fused-ring (bicyclic) bond motifs is 2. The third-order valence-electron chi connectivity index (χ3n) is 5.85. The number of halogens is 1. The molecule has 0 radical (unpaired) electrons. The molecule has 32 heavy (non-hydrogen) atoms. The molecule has 1 aromatic heterocycles. The number of esters is 1. The fourth-order valence-corrected chi connectivity index (χ4v) is 5.69. The largest absolute Gasteiger partial charge is 0.467 e. The molecule has 0 aliphatic carbocycles. The summed E-state index contributed by atoms with van der Waals surface area (Å²) in [6.07, 6.45) is 0.542. The molecular weight excluding hydrogens is 425 g/mol. The Hall–Kier alpha value is -3.38. The maximum Gasteiger partial charge on any atom is 0.329 e. The molecule has 4 nitrogen and oxygen atoms in total. The highest BCUT2D eigenvalue weighted by molar-refractivity contribution is 7.99. The number of ether oxygens (including phenoxy) is 1. The standard InChI is InChI=1S/C26H20FNO3S/c1-31-26(30)22-15-32-25-24(17-9-11-20(27)12-10-17)19(14-23(29)28(22)25)13-18-7-4-6-16-5-2-3-8-21(16)18/h2-12,14,22H,13,15H2,1H3/t22-/m0/s1. The molecule has 5 rings (SSSR count). The van der Waals surface area contributed by atoms with Gasteiger partial charge < -0.3 is 4.74 Å². The van der Waals surface area contributed by atoms with Crippen molar-refractivity contribution in [1.82, 2.24) is 4.57 Å². The first-order valence-corrected chi connectivity index (χ1v) is 11.3. The molecule has 0 bridgehead atoms. The van der Waals surface area contributed by atoms with E-state index in [1.807, 2.05) is 18.2 Å². The Bertz CT molecular complexity index is 1390. The van der Waals surface area contributed by atoms with Crippen LogP contribution in [0.2, 0.25) is 0 Å². The normalized spacial score (nSPS) is 15.0. The molecule has 1 aliphatic heterocycles. The minimum Gasteiger partial charge on any atom is -0.467 e. The number of nitrogens with zero attached hydrogens (tertiary/aromatic N) is 1. The van der Waals surface area contributed by atoms with Gasteiger partial charge in [-0.05, 0) is 46.0 Å². The predicted molar refractivity (Wildman–Crippen MR) is 125 cm³/mol. The number of aromatic nitrogens is 1. The van der Waals surface area contributed by atoms with E-state index in [1.54, 1.807) is 18.2 Å². The minimum absolute atomic E-state index is 0.235. The van der Waals surface area contributed by atoms with Crippen molar-refractivity contribution in [1.29, 1.82) is 0 Å². The van der Waals surface area contributed by atoms with Gasteiger partial charge in [0.1, 0.15) is 11.9 Å². The SMILES string of the molecule is COC(=O)[C@@H]1CSc2c(-c3ccc(F)cc3)c(Cc3cccc4ccccc34)cc(=O)n21. The van der Waals surface area contributed by atoms with Crippen molar-refractivity contribution < 1.29 is 13.9 Å². The van der Waals surface area contributed by atoms with E-state index >= 15 is 0 Å². The monoisotopic (exact) mass is 445 g/mol. The summed E-state index contributed by atoms with van der Waals surface area (Å²) in [6, 6.07) is 21.5. The van der Waals surface area contributed by atoms with Gasteiger partial charge in [-0.1, -0.05) is 54.6 Å². The Labute approximate surface area is 188 Å². The van der Waals surface area contributed by atoms with Crippen LogP contribution in [0.4, 0.5) is 4.39 Å². The van der Waals surface area contributed by atoms with Gasteiger partial charge in [0.2, 0.25) is 0 Å². The minimum atomic E-state index is -0.668. The first-order valence-electron chi connectivity index (χ1n) is 10.3. The Balaban J connectivity index is 1.72. The molecule has 4 aromatic rings. The van der Waals surface area contributed by atoms with Crippen LogP contribution in [0.1, 0.15) is 17.2 Å². The van der Waals surface area contributed by atoms with Gasteiger partial charge in [-0.25, -0.2) is 9.18 Å². The zero-order valence-corrected chi connectivity index (χ0v) is 18.2. The number of hydrogen-bond donors (Lipinski definition) is 0. The number of methoxy groups -OCH3 is 1. The quantitative estimate of drug-likeness (QED) is 0.404. The second-order valence-corrected chi connectivity index (χ2v) is 8.74. The van der Waals surface area contributed by atoms with Crippen LogP contribution in [0, 0.1) is 5.82 Å². The van der Waals surface area contributed by atoms with Crippen molar-refractivity contribution >= 4 is 28.5 Å². The van der Waals surface area contributed by atoms with E-state index in [0.717, 1.165) is 38.1 Å². The van der Waals surface area contributed by atoms with Gasteiger partial charge in [-0.15, -0.1) is 11.8 Å². The lowest BCUT2D eigenvalue weighted by molar-refractivity contribution is -0.143. The van der Waals surface area contributed by atoms with Crippen LogP contribution in [0.25, 0.3) is 21.9 Å². The van der Waals surface area contributed by atoms with Crippen molar-refractivity contribution in [3.05, 3.63) is 100 Å². The van der Waals surface area contributed by atoms with E-state index in [2.05, 4.69) is 24.3 Å². The first-order chi connectivity index (χ1) is 15.6. The van der Waals surface area contributed by atoms with Gasteiger partial charge in [-0.2, -0.15) is 0 Å².